The fourth-order valence-electron chi connectivity index (χ4n) is 0.693. The van der Waals surface area contributed by atoms with Crippen LogP contribution in [-0.2, 0) is 10.3 Å². The Labute approximate surface area is 89.6 Å². The van der Waals surface area contributed by atoms with Gasteiger partial charge >= 0.3 is 10.3 Å². The van der Waals surface area contributed by atoms with Gasteiger partial charge in [0.1, 0.15) is 5.82 Å². The van der Waals surface area contributed by atoms with Crippen molar-refractivity contribution in [3.8, 4) is 5.75 Å². The highest BCUT2D eigenvalue weighted by Crippen LogP contribution is 2.30. The number of rotatable bonds is 2. The van der Waals surface area contributed by atoms with E-state index in [4.69, 9.17) is 23.2 Å². The van der Waals surface area contributed by atoms with Crippen LogP contribution in [-0.4, -0.2) is 8.42 Å². The summed E-state index contributed by atoms with van der Waals surface area (Å²) in [6.07, 6.45) is 0. The first-order valence-corrected chi connectivity index (χ1v) is 5.39. The zero-order valence-electron chi connectivity index (χ0n) is 6.50. The largest absolute Gasteiger partial charge is 0.380 e. The van der Waals surface area contributed by atoms with E-state index in [2.05, 4.69) is 9.32 Å². The quantitative estimate of drug-likeness (QED) is 0.823. The van der Waals surface area contributed by atoms with Gasteiger partial charge in [0.15, 0.2) is 5.75 Å². The summed E-state index contributed by atoms with van der Waals surface area (Å²) in [5, 5.41) is 4.17. The van der Waals surface area contributed by atoms with E-state index in [1.54, 1.807) is 0 Å². The Bertz CT molecular complexity index is 462. The molecular weight excluding hydrogens is 256 g/mol. The smallest absolute Gasteiger partial charge is 0.369 e. The van der Waals surface area contributed by atoms with Crippen LogP contribution in [0.15, 0.2) is 12.1 Å². The monoisotopic (exact) mass is 259 g/mol. The highest BCUT2D eigenvalue weighted by molar-refractivity contribution is 7.84. The molecule has 0 atom stereocenters. The minimum absolute atomic E-state index is 0.148. The Morgan fingerprint density at radius 2 is 1.86 bits per heavy atom. The average molecular weight is 260 g/mol. The van der Waals surface area contributed by atoms with E-state index in [-0.39, 0.29) is 10.0 Å². The summed E-state index contributed by atoms with van der Waals surface area (Å²) < 4.78 is 38.0. The zero-order chi connectivity index (χ0) is 10.9. The average Bonchev–Trinajstić information content (AvgIpc) is 1.97. The lowest BCUT2D eigenvalue weighted by molar-refractivity contribution is 0.485. The van der Waals surface area contributed by atoms with Crippen LogP contribution >= 0.6 is 23.2 Å². The van der Waals surface area contributed by atoms with Gasteiger partial charge in [0.25, 0.3) is 0 Å². The molecule has 0 aliphatic carbocycles. The van der Waals surface area contributed by atoms with Gasteiger partial charge in [-0.1, -0.05) is 23.2 Å². The third-order valence-electron chi connectivity index (χ3n) is 1.18. The Balaban J connectivity index is 3.17. The third kappa shape index (κ3) is 2.98. The van der Waals surface area contributed by atoms with Crippen molar-refractivity contribution in [2.45, 2.75) is 0 Å². The van der Waals surface area contributed by atoms with Gasteiger partial charge in [-0.3, -0.25) is 0 Å². The van der Waals surface area contributed by atoms with E-state index < -0.39 is 21.9 Å². The molecule has 0 aromatic heterocycles. The summed E-state index contributed by atoms with van der Waals surface area (Å²) in [7, 11) is -4.22. The molecule has 0 heterocycles. The first-order chi connectivity index (χ1) is 6.29. The van der Waals surface area contributed by atoms with Crippen molar-refractivity contribution in [3.05, 3.63) is 28.0 Å². The summed E-state index contributed by atoms with van der Waals surface area (Å²) in [5.41, 5.74) is 0. The number of hydrogen-bond donors (Lipinski definition) is 1. The maximum absolute atomic E-state index is 12.8. The van der Waals surface area contributed by atoms with E-state index >= 15 is 0 Å². The van der Waals surface area contributed by atoms with Gasteiger partial charge in [-0.15, -0.1) is 0 Å². The molecule has 0 saturated carbocycles. The molecule has 0 radical (unpaired) electrons. The summed E-state index contributed by atoms with van der Waals surface area (Å²) in [4.78, 5) is 0. The predicted octanol–water partition coefficient (Wildman–Crippen LogP) is 1.71. The molecule has 0 unspecified atom stereocenters. The number of halogens is 3. The van der Waals surface area contributed by atoms with Crippen LogP contribution in [0.3, 0.4) is 0 Å². The first kappa shape index (κ1) is 11.5. The predicted molar refractivity (Wildman–Crippen MR) is 50.2 cm³/mol. The molecule has 0 fully saturated rings. The normalized spacial score (nSPS) is 11.4. The molecule has 4 nitrogen and oxygen atoms in total. The van der Waals surface area contributed by atoms with Crippen molar-refractivity contribution in [2.24, 2.45) is 5.14 Å². The summed E-state index contributed by atoms with van der Waals surface area (Å²) in [5.74, 6) is -1.26. The van der Waals surface area contributed by atoms with E-state index in [0.29, 0.717) is 0 Å². The lowest BCUT2D eigenvalue weighted by Gasteiger charge is -2.05. The van der Waals surface area contributed by atoms with Crippen molar-refractivity contribution in [1.82, 2.24) is 0 Å². The van der Waals surface area contributed by atoms with Crippen molar-refractivity contribution in [2.75, 3.05) is 0 Å². The second-order valence-electron chi connectivity index (χ2n) is 2.27. The molecule has 2 N–H and O–H groups in total. The molecule has 0 spiro atoms. The molecule has 8 heteroatoms. The zero-order valence-corrected chi connectivity index (χ0v) is 8.83. The van der Waals surface area contributed by atoms with Crippen LogP contribution in [0, 0.1) is 5.82 Å². The molecule has 0 aliphatic rings. The van der Waals surface area contributed by atoms with Crippen molar-refractivity contribution in [3.63, 3.8) is 0 Å². The van der Waals surface area contributed by atoms with E-state index in [0.717, 1.165) is 12.1 Å². The molecule has 14 heavy (non-hydrogen) atoms. The highest BCUT2D eigenvalue weighted by Gasteiger charge is 2.12. The molecular formula is C6H4Cl2FNO3S. The van der Waals surface area contributed by atoms with Crippen LogP contribution in [0.5, 0.6) is 5.75 Å². The van der Waals surface area contributed by atoms with Gasteiger partial charge in [0, 0.05) is 6.07 Å². The first-order valence-electron chi connectivity index (χ1n) is 3.16. The molecule has 1 aromatic rings. The SMILES string of the molecule is NS(=O)(=O)Oc1cc(F)c(Cl)cc1Cl. The van der Waals surface area contributed by atoms with Crippen molar-refractivity contribution < 1.29 is 17.0 Å². The Kier molecular flexibility index (Phi) is 3.20. The molecule has 1 rings (SSSR count). The molecule has 0 aliphatic heterocycles. The topological polar surface area (TPSA) is 69.4 Å². The van der Waals surface area contributed by atoms with Gasteiger partial charge in [0.2, 0.25) is 0 Å². The highest BCUT2D eigenvalue weighted by atomic mass is 35.5. The molecule has 0 bridgehead atoms. The van der Waals surface area contributed by atoms with Crippen LogP contribution in [0.1, 0.15) is 0 Å². The van der Waals surface area contributed by atoms with Gasteiger partial charge < -0.3 is 4.18 Å². The summed E-state index contributed by atoms with van der Waals surface area (Å²) >= 11 is 10.9. The van der Waals surface area contributed by atoms with Gasteiger partial charge in [-0.25, -0.2) is 4.39 Å². The van der Waals surface area contributed by atoms with Crippen molar-refractivity contribution >= 4 is 33.5 Å². The van der Waals surface area contributed by atoms with E-state index in [1.807, 2.05) is 0 Å². The van der Waals surface area contributed by atoms with Crippen LogP contribution in [0.2, 0.25) is 10.0 Å². The molecule has 78 valence electrons. The lowest BCUT2D eigenvalue weighted by Crippen LogP contribution is -2.19. The van der Waals surface area contributed by atoms with E-state index in [1.165, 1.54) is 0 Å². The minimum Gasteiger partial charge on any atom is -0.369 e. The molecule has 0 saturated heterocycles. The van der Waals surface area contributed by atoms with Crippen LogP contribution in [0.4, 0.5) is 4.39 Å². The molecule has 1 aromatic carbocycles. The summed E-state index contributed by atoms with van der Waals surface area (Å²) in [6.45, 7) is 0. The van der Waals surface area contributed by atoms with Gasteiger partial charge in [-0.2, -0.15) is 13.6 Å². The second-order valence-corrected chi connectivity index (χ2v) is 4.24. The van der Waals surface area contributed by atoms with Gasteiger partial charge in [-0.05, 0) is 6.07 Å². The fourth-order valence-corrected chi connectivity index (χ4v) is 1.55. The Morgan fingerprint density at radius 1 is 1.29 bits per heavy atom. The van der Waals surface area contributed by atoms with Crippen molar-refractivity contribution in [1.29, 1.82) is 0 Å². The minimum atomic E-state index is -4.22. The number of benzene rings is 1. The maximum atomic E-state index is 12.8. The molecule has 0 amide bonds. The Morgan fingerprint density at radius 3 is 2.36 bits per heavy atom. The number of nitrogens with two attached hydrogens (primary N) is 1. The second kappa shape index (κ2) is 3.90. The maximum Gasteiger partial charge on any atom is 0.380 e. The van der Waals surface area contributed by atoms with Crippen LogP contribution < -0.4 is 9.32 Å². The summed E-state index contributed by atoms with van der Waals surface area (Å²) in [6, 6.07) is 1.74. The third-order valence-corrected chi connectivity index (χ3v) is 2.18. The lowest BCUT2D eigenvalue weighted by atomic mass is 10.3. The Hall–Kier alpha value is -0.560. The van der Waals surface area contributed by atoms with Crippen LogP contribution in [0.25, 0.3) is 0 Å². The fraction of sp³-hybridized carbons (Fsp3) is 0. The number of hydrogen-bond acceptors (Lipinski definition) is 3. The van der Waals surface area contributed by atoms with Gasteiger partial charge in [0.05, 0.1) is 10.0 Å². The van der Waals surface area contributed by atoms with E-state index in [9.17, 15) is 12.8 Å². The standard InChI is InChI=1S/C6H4Cl2FNO3S/c7-3-1-4(8)6(2-5(3)9)13-14(10,11)12/h1-2H,(H2,10,11,12).